The van der Waals surface area contributed by atoms with Crippen molar-refractivity contribution in [1.29, 1.82) is 0 Å². The Balaban J connectivity index is 1.22. The predicted octanol–water partition coefficient (Wildman–Crippen LogP) is 4.93. The van der Waals surface area contributed by atoms with Crippen molar-refractivity contribution in [2.45, 2.75) is 39.2 Å². The third-order valence-electron chi connectivity index (χ3n) is 6.49. The first-order valence-electron chi connectivity index (χ1n) is 11.9. The monoisotopic (exact) mass is 556 g/mol. The van der Waals surface area contributed by atoms with Crippen LogP contribution in [0.25, 0.3) is 10.9 Å². The van der Waals surface area contributed by atoms with E-state index in [0.717, 1.165) is 48.0 Å². The summed E-state index contributed by atoms with van der Waals surface area (Å²) >= 11 is 8.80. The molecule has 9 heteroatoms. The number of H-pyrrole nitrogens is 1. The molecule has 4 rings (SSSR count). The lowest BCUT2D eigenvalue weighted by molar-refractivity contribution is -0.131. The van der Waals surface area contributed by atoms with Gasteiger partial charge in [-0.2, -0.15) is 0 Å². The zero-order valence-electron chi connectivity index (χ0n) is 19.8. The van der Waals surface area contributed by atoms with Gasteiger partial charge in [0.05, 0.1) is 10.9 Å². The summed E-state index contributed by atoms with van der Waals surface area (Å²) in [5.41, 5.74) is 2.44. The maximum atomic E-state index is 12.8. The Bertz CT molecular complexity index is 1340. The van der Waals surface area contributed by atoms with Crippen molar-refractivity contribution in [2.75, 3.05) is 31.1 Å². The van der Waals surface area contributed by atoms with Gasteiger partial charge in [0.2, 0.25) is 5.91 Å². The number of carbonyl (C=O) groups excluding carboxylic acids is 2. The lowest BCUT2D eigenvalue weighted by atomic mass is 10.1. The molecule has 1 aliphatic rings. The number of aromatic amines is 1. The van der Waals surface area contributed by atoms with Gasteiger partial charge >= 0.3 is 0 Å². The Labute approximate surface area is 217 Å². The van der Waals surface area contributed by atoms with Crippen LogP contribution in [-0.2, 0) is 11.3 Å². The van der Waals surface area contributed by atoms with E-state index in [9.17, 15) is 14.4 Å². The molecule has 0 spiro atoms. The molecule has 35 heavy (non-hydrogen) atoms. The summed E-state index contributed by atoms with van der Waals surface area (Å²) in [6.45, 7) is 5.06. The topological polar surface area (TPSA) is 78.4 Å². The van der Waals surface area contributed by atoms with Gasteiger partial charge in [-0.25, -0.2) is 0 Å². The number of nitrogens with one attached hydrogen (secondary N) is 1. The molecule has 0 unspecified atom stereocenters. The van der Waals surface area contributed by atoms with Gasteiger partial charge in [-0.15, -0.1) is 0 Å². The average molecular weight is 558 g/mol. The van der Waals surface area contributed by atoms with Crippen molar-refractivity contribution >= 4 is 56.4 Å². The Morgan fingerprint density at radius 3 is 2.40 bits per heavy atom. The van der Waals surface area contributed by atoms with Crippen LogP contribution in [0.5, 0.6) is 0 Å². The molecule has 0 aliphatic carbocycles. The summed E-state index contributed by atoms with van der Waals surface area (Å²) in [5.74, 6) is 0.244. The average Bonchev–Trinajstić information content (AvgIpc) is 2.86. The number of unbranched alkanes of at least 4 members (excludes halogenated alkanes) is 2. The van der Waals surface area contributed by atoms with Crippen LogP contribution in [0.1, 0.15) is 43.0 Å². The van der Waals surface area contributed by atoms with Gasteiger partial charge in [-0.3, -0.25) is 19.0 Å². The van der Waals surface area contributed by atoms with Gasteiger partial charge in [0, 0.05) is 54.9 Å². The molecule has 1 amide bonds. The first kappa shape index (κ1) is 25.3. The number of carbonyl (C=O) groups is 2. The van der Waals surface area contributed by atoms with Crippen LogP contribution in [0, 0.1) is 4.77 Å². The summed E-state index contributed by atoms with van der Waals surface area (Å²) in [5, 5.41) is 0.608. The third-order valence-corrected chi connectivity index (χ3v) is 7.30. The minimum absolute atomic E-state index is 0.0625. The highest BCUT2D eigenvalue weighted by molar-refractivity contribution is 9.10. The maximum Gasteiger partial charge on any atom is 0.262 e. The zero-order valence-corrected chi connectivity index (χ0v) is 22.2. The van der Waals surface area contributed by atoms with Crippen LogP contribution in [0.4, 0.5) is 5.69 Å². The van der Waals surface area contributed by atoms with E-state index in [-0.39, 0.29) is 17.2 Å². The molecule has 7 nitrogen and oxygen atoms in total. The Hall–Kier alpha value is -2.78. The number of piperazine rings is 1. The number of ketones is 1. The largest absolute Gasteiger partial charge is 0.368 e. The van der Waals surface area contributed by atoms with E-state index in [1.807, 2.05) is 41.3 Å². The lowest BCUT2D eigenvalue weighted by Gasteiger charge is -2.36. The highest BCUT2D eigenvalue weighted by Crippen LogP contribution is 2.19. The SMILES string of the molecule is CC(=O)c1ccc(N2CCN(C(=O)CCCCCn3c(=S)[nH]c4ccc(Br)cc4c3=O)CC2)cc1. The summed E-state index contributed by atoms with van der Waals surface area (Å²) in [7, 11) is 0. The molecule has 2 aromatic carbocycles. The predicted molar refractivity (Wildman–Crippen MR) is 145 cm³/mol. The number of anilines is 1. The number of hydrogen-bond acceptors (Lipinski definition) is 5. The van der Waals surface area contributed by atoms with Crippen molar-refractivity contribution in [3.05, 3.63) is 67.6 Å². The number of aromatic nitrogens is 2. The standard InChI is InChI=1S/C26H29BrN4O3S/c1-18(32)19-6-9-21(10-7-19)29-13-15-30(16-14-29)24(33)5-3-2-4-12-31-25(34)22-17-20(27)8-11-23(22)28-26(31)35/h6-11,17H,2-5,12-16H2,1H3,(H,28,35). The first-order chi connectivity index (χ1) is 16.8. The van der Waals surface area contributed by atoms with Gasteiger partial charge in [-0.1, -0.05) is 22.4 Å². The normalized spacial score (nSPS) is 13.9. The van der Waals surface area contributed by atoms with Crippen LogP contribution in [0.3, 0.4) is 0 Å². The van der Waals surface area contributed by atoms with Crippen LogP contribution in [0.15, 0.2) is 51.7 Å². The van der Waals surface area contributed by atoms with E-state index >= 15 is 0 Å². The molecule has 0 saturated carbocycles. The van der Waals surface area contributed by atoms with Gasteiger partial charge in [0.15, 0.2) is 10.6 Å². The number of fused-ring (bicyclic) bond motifs is 1. The molecular weight excluding hydrogens is 528 g/mol. The molecular formula is C26H29BrN4O3S. The maximum absolute atomic E-state index is 12.8. The van der Waals surface area contributed by atoms with Crippen LogP contribution >= 0.6 is 28.1 Å². The molecule has 3 aromatic rings. The van der Waals surface area contributed by atoms with Crippen LogP contribution in [-0.4, -0.2) is 52.3 Å². The Morgan fingerprint density at radius 1 is 1.00 bits per heavy atom. The fourth-order valence-electron chi connectivity index (χ4n) is 4.43. The summed E-state index contributed by atoms with van der Waals surface area (Å²) < 4.78 is 2.88. The van der Waals surface area contributed by atoms with Gasteiger partial charge in [0.25, 0.3) is 5.56 Å². The van der Waals surface area contributed by atoms with Crippen molar-refractivity contribution in [3.63, 3.8) is 0 Å². The van der Waals surface area contributed by atoms with Crippen molar-refractivity contribution < 1.29 is 9.59 Å². The van der Waals surface area contributed by atoms with E-state index in [0.29, 0.717) is 41.8 Å². The highest BCUT2D eigenvalue weighted by atomic mass is 79.9. The number of amides is 1. The molecule has 0 radical (unpaired) electrons. The molecule has 1 aliphatic heterocycles. The van der Waals surface area contributed by atoms with Crippen molar-refractivity contribution in [1.82, 2.24) is 14.5 Å². The zero-order chi connectivity index (χ0) is 24.9. The fraction of sp³-hybridized carbons (Fsp3) is 0.385. The molecule has 1 aromatic heterocycles. The second-order valence-electron chi connectivity index (χ2n) is 8.86. The van der Waals surface area contributed by atoms with Crippen LogP contribution < -0.4 is 10.5 Å². The quantitative estimate of drug-likeness (QED) is 0.241. The van der Waals surface area contributed by atoms with E-state index in [1.165, 1.54) is 0 Å². The third kappa shape index (κ3) is 6.08. The molecule has 184 valence electrons. The Morgan fingerprint density at radius 2 is 1.71 bits per heavy atom. The second kappa shape index (κ2) is 11.3. The minimum Gasteiger partial charge on any atom is -0.368 e. The molecule has 0 atom stereocenters. The summed E-state index contributed by atoms with van der Waals surface area (Å²) in [6.07, 6.45) is 2.94. The van der Waals surface area contributed by atoms with E-state index < -0.39 is 0 Å². The van der Waals surface area contributed by atoms with Gasteiger partial charge in [0.1, 0.15) is 0 Å². The number of nitrogens with zero attached hydrogens (tertiary/aromatic N) is 3. The van der Waals surface area contributed by atoms with E-state index in [2.05, 4.69) is 25.8 Å². The fourth-order valence-corrected chi connectivity index (χ4v) is 5.07. The number of halogens is 1. The molecule has 1 fully saturated rings. The van der Waals surface area contributed by atoms with Crippen molar-refractivity contribution in [3.8, 4) is 0 Å². The number of benzene rings is 2. The molecule has 0 bridgehead atoms. The van der Waals surface area contributed by atoms with Crippen LogP contribution in [0.2, 0.25) is 0 Å². The Kier molecular flexibility index (Phi) is 8.18. The number of hydrogen-bond donors (Lipinski definition) is 1. The van der Waals surface area contributed by atoms with E-state index in [1.54, 1.807) is 17.6 Å². The minimum atomic E-state index is -0.0880. The highest BCUT2D eigenvalue weighted by Gasteiger charge is 2.21. The van der Waals surface area contributed by atoms with Gasteiger partial charge in [-0.05, 0) is 74.4 Å². The smallest absolute Gasteiger partial charge is 0.262 e. The molecule has 1 N–H and O–H groups in total. The summed E-state index contributed by atoms with van der Waals surface area (Å²) in [6, 6.07) is 13.2. The van der Waals surface area contributed by atoms with Gasteiger partial charge < -0.3 is 14.8 Å². The molecule has 1 saturated heterocycles. The van der Waals surface area contributed by atoms with Crippen molar-refractivity contribution in [2.24, 2.45) is 0 Å². The molecule has 2 heterocycles. The van der Waals surface area contributed by atoms with E-state index in [4.69, 9.17) is 12.2 Å². The lowest BCUT2D eigenvalue weighted by Crippen LogP contribution is -2.48. The number of rotatable bonds is 8. The second-order valence-corrected chi connectivity index (χ2v) is 10.2. The summed E-state index contributed by atoms with van der Waals surface area (Å²) in [4.78, 5) is 44.3. The number of Topliss-reactive ketones (excluding diaryl/α,β-unsaturated/α-hetero) is 1. The first-order valence-corrected chi connectivity index (χ1v) is 13.1.